The maximum atomic E-state index is 3.83. The highest BCUT2D eigenvalue weighted by molar-refractivity contribution is 5.39. The lowest BCUT2D eigenvalue weighted by Gasteiger charge is -2.13. The zero-order valence-electron chi connectivity index (χ0n) is 9.02. The first-order valence-electron chi connectivity index (χ1n) is 4.76. The van der Waals surface area contributed by atoms with Crippen molar-refractivity contribution < 1.29 is 0 Å². The van der Waals surface area contributed by atoms with Crippen LogP contribution in [-0.4, -0.2) is 0 Å². The highest BCUT2D eigenvalue weighted by atomic mass is 14.1. The Morgan fingerprint density at radius 2 is 1.62 bits per heavy atom. The normalized spacial score (nSPS) is 12.6. The molecule has 13 heavy (non-hydrogen) atoms. The zero-order chi connectivity index (χ0) is 10.0. The first-order chi connectivity index (χ1) is 6.06. The third-order valence-electron chi connectivity index (χ3n) is 2.73. The molecule has 0 spiro atoms. The van der Waals surface area contributed by atoms with Crippen molar-refractivity contribution in [2.75, 3.05) is 0 Å². The number of hydrogen-bond acceptors (Lipinski definition) is 0. The summed E-state index contributed by atoms with van der Waals surface area (Å²) in [6.45, 7) is 12.5. The number of hydrogen-bond donors (Lipinski definition) is 0. The fourth-order valence-corrected chi connectivity index (χ4v) is 1.60. The number of benzene rings is 1. The van der Waals surface area contributed by atoms with Gasteiger partial charge in [-0.05, 0) is 48.9 Å². The van der Waals surface area contributed by atoms with Crippen molar-refractivity contribution in [1.29, 1.82) is 0 Å². The van der Waals surface area contributed by atoms with Crippen molar-refractivity contribution in [2.24, 2.45) is 0 Å². The lowest BCUT2D eigenvalue weighted by atomic mass is 9.92. The molecule has 0 amide bonds. The molecule has 0 heteroatoms. The molecular weight excluding hydrogens is 156 g/mol. The van der Waals surface area contributed by atoms with Crippen LogP contribution >= 0.6 is 0 Å². The molecule has 0 saturated carbocycles. The largest absolute Gasteiger partial charge is 0.102 e. The molecule has 0 heterocycles. The third kappa shape index (κ3) is 2.00. The summed E-state index contributed by atoms with van der Waals surface area (Å²) in [6.07, 6.45) is 2.00. The Bertz CT molecular complexity index is 321. The minimum Gasteiger partial charge on any atom is -0.102 e. The van der Waals surface area contributed by atoms with Gasteiger partial charge in [0.1, 0.15) is 0 Å². The van der Waals surface area contributed by atoms with Crippen LogP contribution in [0.4, 0.5) is 0 Å². The molecule has 0 saturated heterocycles. The lowest BCUT2D eigenvalue weighted by Crippen LogP contribution is -1.95. The van der Waals surface area contributed by atoms with Gasteiger partial charge in [0, 0.05) is 0 Å². The van der Waals surface area contributed by atoms with E-state index in [1.54, 1.807) is 0 Å². The van der Waals surface area contributed by atoms with E-state index < -0.39 is 0 Å². The van der Waals surface area contributed by atoms with E-state index >= 15 is 0 Å². The Labute approximate surface area is 81.3 Å². The Balaban J connectivity index is 3.22. The van der Waals surface area contributed by atoms with Gasteiger partial charge in [-0.15, -0.1) is 6.58 Å². The summed E-state index contributed by atoms with van der Waals surface area (Å²) in [7, 11) is 0. The van der Waals surface area contributed by atoms with Gasteiger partial charge in [0.25, 0.3) is 0 Å². The summed E-state index contributed by atoms with van der Waals surface area (Å²) in [6, 6.07) is 4.53. The summed E-state index contributed by atoms with van der Waals surface area (Å²) in [5, 5.41) is 0. The highest BCUT2D eigenvalue weighted by Crippen LogP contribution is 2.23. The van der Waals surface area contributed by atoms with Crippen molar-refractivity contribution in [2.45, 2.75) is 33.6 Å². The average Bonchev–Trinajstić information content (AvgIpc) is 2.10. The predicted octanol–water partition coefficient (Wildman–Crippen LogP) is 3.90. The fourth-order valence-electron chi connectivity index (χ4n) is 1.60. The van der Waals surface area contributed by atoms with Gasteiger partial charge in [-0.25, -0.2) is 0 Å². The average molecular weight is 174 g/mol. The maximum Gasteiger partial charge on any atom is -0.00104 e. The molecule has 0 aliphatic heterocycles. The van der Waals surface area contributed by atoms with E-state index in [2.05, 4.69) is 46.4 Å². The van der Waals surface area contributed by atoms with Crippen molar-refractivity contribution in [3.63, 3.8) is 0 Å². The Morgan fingerprint density at radius 3 is 2.15 bits per heavy atom. The van der Waals surface area contributed by atoms with Gasteiger partial charge in [0.05, 0.1) is 0 Å². The summed E-state index contributed by atoms with van der Waals surface area (Å²) in [5.41, 5.74) is 5.51. The molecule has 0 fully saturated rings. The van der Waals surface area contributed by atoms with Gasteiger partial charge in [-0.3, -0.25) is 0 Å². The first kappa shape index (κ1) is 10.0. The molecule has 1 aromatic rings. The quantitative estimate of drug-likeness (QED) is 0.596. The molecule has 0 bridgehead atoms. The zero-order valence-corrected chi connectivity index (χ0v) is 9.02. The summed E-state index contributed by atoms with van der Waals surface area (Å²) in [5.74, 6) is 0.458. The second-order valence-corrected chi connectivity index (χ2v) is 3.82. The molecule has 1 aromatic carbocycles. The minimum atomic E-state index is 0.458. The predicted molar refractivity (Wildman–Crippen MR) is 59.3 cm³/mol. The van der Waals surface area contributed by atoms with E-state index in [9.17, 15) is 0 Å². The van der Waals surface area contributed by atoms with Gasteiger partial charge in [0.2, 0.25) is 0 Å². The summed E-state index contributed by atoms with van der Waals surface area (Å²) in [4.78, 5) is 0. The molecule has 70 valence electrons. The molecule has 1 unspecified atom stereocenters. The molecule has 1 atom stereocenters. The van der Waals surface area contributed by atoms with Crippen molar-refractivity contribution in [1.82, 2.24) is 0 Å². The van der Waals surface area contributed by atoms with Crippen LogP contribution < -0.4 is 0 Å². The van der Waals surface area contributed by atoms with E-state index in [4.69, 9.17) is 0 Å². The van der Waals surface area contributed by atoms with Crippen molar-refractivity contribution in [3.8, 4) is 0 Å². The van der Waals surface area contributed by atoms with Crippen LogP contribution in [0.2, 0.25) is 0 Å². The van der Waals surface area contributed by atoms with Crippen molar-refractivity contribution in [3.05, 3.63) is 47.0 Å². The van der Waals surface area contributed by atoms with Crippen LogP contribution in [0, 0.1) is 20.8 Å². The Morgan fingerprint density at radius 1 is 1.08 bits per heavy atom. The SMILES string of the molecule is C=CC(C)c1cc(C)c(C)cc1C. The van der Waals surface area contributed by atoms with E-state index in [1.165, 1.54) is 22.3 Å². The van der Waals surface area contributed by atoms with Crippen LogP contribution in [0.25, 0.3) is 0 Å². The van der Waals surface area contributed by atoms with Crippen LogP contribution in [0.5, 0.6) is 0 Å². The second kappa shape index (κ2) is 3.78. The number of allylic oxidation sites excluding steroid dienone is 1. The van der Waals surface area contributed by atoms with Crippen LogP contribution in [0.1, 0.15) is 35.1 Å². The van der Waals surface area contributed by atoms with E-state index in [1.807, 2.05) is 6.08 Å². The minimum absolute atomic E-state index is 0.458. The molecule has 0 aliphatic rings. The first-order valence-corrected chi connectivity index (χ1v) is 4.76. The molecule has 0 radical (unpaired) electrons. The molecule has 0 N–H and O–H groups in total. The molecular formula is C13H18. The highest BCUT2D eigenvalue weighted by Gasteiger charge is 2.06. The number of rotatable bonds is 2. The molecule has 0 aliphatic carbocycles. The fraction of sp³-hybridized carbons (Fsp3) is 0.385. The van der Waals surface area contributed by atoms with Crippen molar-refractivity contribution >= 4 is 0 Å². The number of aryl methyl sites for hydroxylation is 3. The van der Waals surface area contributed by atoms with Crippen LogP contribution in [0.3, 0.4) is 0 Å². The standard InChI is InChI=1S/C13H18/c1-6-9(2)13-8-11(4)10(3)7-12(13)5/h6-9H,1H2,2-5H3. The second-order valence-electron chi connectivity index (χ2n) is 3.82. The summed E-state index contributed by atoms with van der Waals surface area (Å²) >= 11 is 0. The lowest BCUT2D eigenvalue weighted by molar-refractivity contribution is 0.949. The molecule has 1 rings (SSSR count). The van der Waals surface area contributed by atoms with Gasteiger partial charge < -0.3 is 0 Å². The van der Waals surface area contributed by atoms with Gasteiger partial charge in [0.15, 0.2) is 0 Å². The van der Waals surface area contributed by atoms with Gasteiger partial charge in [-0.2, -0.15) is 0 Å². The van der Waals surface area contributed by atoms with Crippen LogP contribution in [0.15, 0.2) is 24.8 Å². The Kier molecular flexibility index (Phi) is 2.92. The monoisotopic (exact) mass is 174 g/mol. The van der Waals surface area contributed by atoms with Crippen LogP contribution in [-0.2, 0) is 0 Å². The maximum absolute atomic E-state index is 3.83. The van der Waals surface area contributed by atoms with E-state index in [0.717, 1.165) is 0 Å². The van der Waals surface area contributed by atoms with Gasteiger partial charge in [-0.1, -0.05) is 25.1 Å². The topological polar surface area (TPSA) is 0 Å². The van der Waals surface area contributed by atoms with E-state index in [-0.39, 0.29) is 0 Å². The smallest absolute Gasteiger partial charge is 0.00104 e. The third-order valence-corrected chi connectivity index (χ3v) is 2.73. The van der Waals surface area contributed by atoms with E-state index in [0.29, 0.717) is 5.92 Å². The molecule has 0 aromatic heterocycles. The summed E-state index contributed by atoms with van der Waals surface area (Å²) < 4.78 is 0. The Hall–Kier alpha value is -1.04. The van der Waals surface area contributed by atoms with Gasteiger partial charge >= 0.3 is 0 Å². The molecule has 0 nitrogen and oxygen atoms in total.